The number of hydrogen-bond donors (Lipinski definition) is 3. The predicted octanol–water partition coefficient (Wildman–Crippen LogP) is 3.78. The number of carbonyl (C=O) groups is 4. The van der Waals surface area contributed by atoms with E-state index in [2.05, 4.69) is 50.3 Å². The SMILES string of the molecule is C=C[C@@H]1C[C@]1(NC(=O)[C@@H]1C[C@@H]2CN1C(=O)[C@@H](C(C)(C)C)NC(=O)OCC(CCC)CCC/C=C/c1cc(ccc1OC)-n1nnc2n1)C(=O)NS(=O)(=O)C1CC1. The van der Waals surface area contributed by atoms with E-state index < -0.39 is 74.0 Å². The predicted molar refractivity (Wildman–Crippen MR) is 207 cm³/mol. The Kier molecular flexibility index (Phi) is 11.9. The first kappa shape index (κ1) is 40.9. The van der Waals surface area contributed by atoms with Gasteiger partial charge in [0.1, 0.15) is 23.4 Å². The van der Waals surface area contributed by atoms with Crippen molar-refractivity contribution in [3.8, 4) is 11.4 Å². The molecule has 6 bridgehead atoms. The summed E-state index contributed by atoms with van der Waals surface area (Å²) in [6.07, 6.45) is 10.3. The van der Waals surface area contributed by atoms with Gasteiger partial charge in [-0.25, -0.2) is 13.2 Å². The zero-order valence-corrected chi connectivity index (χ0v) is 33.6. The maximum atomic E-state index is 14.7. The molecule has 17 heteroatoms. The highest BCUT2D eigenvalue weighted by atomic mass is 32.2. The number of sulfonamides is 1. The van der Waals surface area contributed by atoms with Crippen LogP contribution in [0, 0.1) is 17.3 Å². The first-order valence-electron chi connectivity index (χ1n) is 19.5. The number of hydrogen-bond acceptors (Lipinski definition) is 11. The van der Waals surface area contributed by atoms with Crippen molar-refractivity contribution in [1.29, 1.82) is 0 Å². The van der Waals surface area contributed by atoms with Gasteiger partial charge in [0.05, 0.1) is 24.7 Å². The molecule has 3 heterocycles. The van der Waals surface area contributed by atoms with Gasteiger partial charge in [0.2, 0.25) is 21.8 Å². The number of allylic oxidation sites excluding steroid dienone is 1. The van der Waals surface area contributed by atoms with Crippen LogP contribution in [-0.4, -0.2) is 100 Å². The third kappa shape index (κ3) is 8.92. The van der Waals surface area contributed by atoms with Crippen LogP contribution in [0.4, 0.5) is 4.79 Å². The number of nitrogens with zero attached hydrogens (tertiary/aromatic N) is 5. The Labute approximate surface area is 328 Å². The number of amides is 4. The van der Waals surface area contributed by atoms with Gasteiger partial charge in [0, 0.05) is 23.9 Å². The van der Waals surface area contributed by atoms with Crippen LogP contribution in [0.15, 0.2) is 36.9 Å². The largest absolute Gasteiger partial charge is 0.496 e. The molecule has 3 N–H and O–H groups in total. The van der Waals surface area contributed by atoms with E-state index in [-0.39, 0.29) is 37.7 Å². The average Bonchev–Trinajstić information content (AvgIpc) is 4.03. The summed E-state index contributed by atoms with van der Waals surface area (Å²) in [5, 5.41) is 18.3. The van der Waals surface area contributed by atoms with Crippen LogP contribution in [0.2, 0.25) is 0 Å². The van der Waals surface area contributed by atoms with E-state index in [4.69, 9.17) is 9.47 Å². The summed E-state index contributed by atoms with van der Waals surface area (Å²) in [5.41, 5.74) is -0.915. The van der Waals surface area contributed by atoms with Crippen molar-refractivity contribution >= 4 is 39.9 Å². The van der Waals surface area contributed by atoms with Crippen LogP contribution in [0.5, 0.6) is 5.75 Å². The molecule has 1 aromatic heterocycles. The van der Waals surface area contributed by atoms with E-state index in [1.54, 1.807) is 7.11 Å². The van der Waals surface area contributed by atoms with Gasteiger partial charge in [-0.05, 0) is 86.1 Å². The third-order valence-electron chi connectivity index (χ3n) is 11.2. The average molecular weight is 795 g/mol. The molecule has 0 spiro atoms. The molecular weight excluding hydrogens is 741 g/mol. The summed E-state index contributed by atoms with van der Waals surface area (Å²) < 4.78 is 39.0. The molecule has 4 aliphatic rings. The van der Waals surface area contributed by atoms with Crippen molar-refractivity contribution in [3.05, 3.63) is 48.3 Å². The number of nitrogens with one attached hydrogen (secondary N) is 3. The summed E-state index contributed by atoms with van der Waals surface area (Å²) in [6, 6.07) is 3.29. The summed E-state index contributed by atoms with van der Waals surface area (Å²) in [4.78, 5) is 58.7. The maximum Gasteiger partial charge on any atom is 0.407 e. The summed E-state index contributed by atoms with van der Waals surface area (Å²) in [5.74, 6) is -2.03. The number of benzene rings is 1. The van der Waals surface area contributed by atoms with Crippen molar-refractivity contribution in [2.24, 2.45) is 17.3 Å². The molecule has 2 aromatic rings. The monoisotopic (exact) mass is 794 g/mol. The Hall–Kier alpha value is -4.80. The smallest absolute Gasteiger partial charge is 0.407 e. The second-order valence-corrected chi connectivity index (χ2v) is 18.5. The quantitative estimate of drug-likeness (QED) is 0.312. The van der Waals surface area contributed by atoms with Gasteiger partial charge in [-0.3, -0.25) is 19.1 Å². The van der Waals surface area contributed by atoms with Crippen LogP contribution in [0.1, 0.15) is 103 Å². The van der Waals surface area contributed by atoms with Gasteiger partial charge in [0.15, 0.2) is 5.82 Å². The molecule has 0 radical (unpaired) electrons. The fourth-order valence-corrected chi connectivity index (χ4v) is 8.99. The molecule has 6 atom stereocenters. The van der Waals surface area contributed by atoms with E-state index in [1.165, 1.54) is 15.8 Å². The molecule has 6 rings (SSSR count). The second-order valence-electron chi connectivity index (χ2n) is 16.5. The van der Waals surface area contributed by atoms with Crippen LogP contribution >= 0.6 is 0 Å². The van der Waals surface area contributed by atoms with Crippen molar-refractivity contribution in [2.75, 3.05) is 20.3 Å². The van der Waals surface area contributed by atoms with Crippen LogP contribution in [0.3, 0.4) is 0 Å². The molecule has 16 nitrogen and oxygen atoms in total. The highest BCUT2D eigenvalue weighted by Gasteiger charge is 2.62. The Bertz CT molecular complexity index is 1970. The fourth-order valence-electron chi connectivity index (χ4n) is 7.63. The molecule has 1 unspecified atom stereocenters. The minimum absolute atomic E-state index is 0.00123. The fraction of sp³-hybridized carbons (Fsp3) is 0.615. The lowest BCUT2D eigenvalue weighted by Crippen LogP contribution is -2.60. The number of methoxy groups -OCH3 is 1. The topological polar surface area (TPSA) is 204 Å². The molecule has 1 aromatic carbocycles. The highest BCUT2D eigenvalue weighted by molar-refractivity contribution is 7.91. The molecular formula is C39H54N8O8S. The van der Waals surface area contributed by atoms with Crippen molar-refractivity contribution in [2.45, 2.75) is 114 Å². The number of fused-ring (bicyclic) bond motifs is 8. The lowest BCUT2D eigenvalue weighted by molar-refractivity contribution is -0.142. The normalized spacial score (nSPS) is 27.9. The molecule has 304 valence electrons. The van der Waals surface area contributed by atoms with Gasteiger partial charge in [-0.2, -0.15) is 0 Å². The summed E-state index contributed by atoms with van der Waals surface area (Å²) >= 11 is 0. The van der Waals surface area contributed by atoms with Crippen LogP contribution < -0.4 is 20.1 Å². The number of ether oxygens (including phenoxy) is 2. The molecule has 56 heavy (non-hydrogen) atoms. The number of alkyl carbamates (subject to hydrolysis) is 1. The number of tetrazole rings is 1. The Morgan fingerprint density at radius 1 is 1.20 bits per heavy atom. The first-order valence-corrected chi connectivity index (χ1v) is 21.0. The van der Waals surface area contributed by atoms with Gasteiger partial charge < -0.3 is 25.0 Å². The molecule has 4 amide bonds. The van der Waals surface area contributed by atoms with Gasteiger partial charge >= 0.3 is 6.09 Å². The standard InChI is InChI=1S/C39H54N8O8S/c1-7-12-24-13-10-9-11-14-25-19-28(15-18-31(25)54-6)47-43-33(42-45-47)26-20-30(46(22-26)35(49)32(38(3,4)5)40-37(51)55-23-24)34(48)41-39(21-27(39)8-2)36(50)44-56(52,53)29-16-17-29/h8,11,14-15,18-19,24,26-27,29-30,32H,2,7,9-10,12-13,16-17,20-23H2,1,3-6H3,(H,40,51)(H,41,48)(H,44,50)/b14-11+/t24?,26-,27-,30+,32+,39-/m1/s1. The summed E-state index contributed by atoms with van der Waals surface area (Å²) in [6.45, 7) is 11.5. The number of carbonyl (C=O) groups excluding carboxylic acids is 4. The third-order valence-corrected chi connectivity index (χ3v) is 13.0. The molecule has 2 aliphatic carbocycles. The number of aromatic nitrogens is 4. The molecule has 2 aliphatic heterocycles. The first-order chi connectivity index (χ1) is 26.6. The van der Waals surface area contributed by atoms with E-state index >= 15 is 0 Å². The zero-order valence-electron chi connectivity index (χ0n) is 32.8. The number of cyclic esters (lactones) is 1. The minimum Gasteiger partial charge on any atom is -0.496 e. The van der Waals surface area contributed by atoms with Gasteiger partial charge in [0.25, 0.3) is 5.91 Å². The lowest BCUT2D eigenvalue weighted by Gasteiger charge is -2.35. The summed E-state index contributed by atoms with van der Waals surface area (Å²) in [7, 11) is -2.30. The molecule has 3 fully saturated rings. The van der Waals surface area contributed by atoms with Gasteiger partial charge in [-0.15, -0.1) is 21.6 Å². The Morgan fingerprint density at radius 3 is 2.62 bits per heavy atom. The Morgan fingerprint density at radius 2 is 1.96 bits per heavy atom. The van der Waals surface area contributed by atoms with Crippen LogP contribution in [0.25, 0.3) is 11.8 Å². The lowest BCUT2D eigenvalue weighted by atomic mass is 9.85. The molecule has 1 saturated heterocycles. The maximum absolute atomic E-state index is 14.7. The minimum atomic E-state index is -3.91. The highest BCUT2D eigenvalue weighted by Crippen LogP contribution is 2.46. The van der Waals surface area contributed by atoms with E-state index in [0.717, 1.165) is 37.7 Å². The van der Waals surface area contributed by atoms with Crippen molar-refractivity contribution < 1.29 is 37.1 Å². The van der Waals surface area contributed by atoms with Crippen molar-refractivity contribution in [3.63, 3.8) is 0 Å². The van der Waals surface area contributed by atoms with Gasteiger partial charge in [-0.1, -0.05) is 52.3 Å². The molecule has 2 saturated carbocycles. The van der Waals surface area contributed by atoms with E-state index in [1.807, 2.05) is 45.0 Å². The van der Waals surface area contributed by atoms with E-state index in [0.29, 0.717) is 24.3 Å². The zero-order chi connectivity index (χ0) is 40.4. The number of rotatable bonds is 9. The van der Waals surface area contributed by atoms with Crippen molar-refractivity contribution in [1.82, 2.24) is 40.5 Å². The Balaban J connectivity index is 1.34. The van der Waals surface area contributed by atoms with Crippen LogP contribution in [-0.2, 0) is 29.1 Å². The van der Waals surface area contributed by atoms with E-state index in [9.17, 15) is 27.6 Å². The second kappa shape index (κ2) is 16.4.